The van der Waals surface area contributed by atoms with E-state index in [4.69, 9.17) is 4.74 Å². The van der Waals surface area contributed by atoms with Crippen LogP contribution in [-0.4, -0.2) is 29.9 Å². The fourth-order valence-corrected chi connectivity index (χ4v) is 3.05. The molecule has 0 spiro atoms. The molecule has 0 radical (unpaired) electrons. The molecule has 1 aromatic heterocycles. The number of fused-ring (bicyclic) bond motifs is 1. The van der Waals surface area contributed by atoms with Gasteiger partial charge in [0.2, 0.25) is 0 Å². The molecule has 4 rings (SSSR count). The van der Waals surface area contributed by atoms with Crippen LogP contribution in [0.5, 0.6) is 0 Å². The van der Waals surface area contributed by atoms with Crippen LogP contribution in [0.4, 0.5) is 5.69 Å². The number of anilines is 1. The van der Waals surface area contributed by atoms with E-state index in [1.54, 1.807) is 12.4 Å². The molecule has 5 nitrogen and oxygen atoms in total. The van der Waals surface area contributed by atoms with Crippen LogP contribution in [0.2, 0.25) is 0 Å². The number of benzene rings is 1. The number of aromatic nitrogens is 1. The fourth-order valence-electron chi connectivity index (χ4n) is 3.05. The van der Waals surface area contributed by atoms with Gasteiger partial charge in [-0.25, -0.2) is 4.99 Å². The fraction of sp³-hybridized carbons (Fsp3) is 0.235. The van der Waals surface area contributed by atoms with Crippen molar-refractivity contribution in [2.75, 3.05) is 11.4 Å². The molecule has 2 atom stereocenters. The van der Waals surface area contributed by atoms with Gasteiger partial charge < -0.3 is 9.64 Å². The first-order valence-electron chi connectivity index (χ1n) is 7.31. The van der Waals surface area contributed by atoms with E-state index in [0.717, 1.165) is 17.7 Å². The third-order valence-electron chi connectivity index (χ3n) is 4.16. The Morgan fingerprint density at radius 2 is 2.00 bits per heavy atom. The molecule has 0 saturated carbocycles. The highest BCUT2D eigenvalue weighted by molar-refractivity contribution is 6.00. The predicted octanol–water partition coefficient (Wildman–Crippen LogP) is 2.14. The van der Waals surface area contributed by atoms with Crippen LogP contribution in [0.25, 0.3) is 0 Å². The molecule has 2 aromatic rings. The number of amides is 1. The zero-order valence-corrected chi connectivity index (χ0v) is 11.9. The van der Waals surface area contributed by atoms with Gasteiger partial charge in [0.25, 0.3) is 5.91 Å². The number of hydrogen-bond acceptors (Lipinski definition) is 4. The maximum absolute atomic E-state index is 12.9. The second kappa shape index (κ2) is 5.26. The van der Waals surface area contributed by atoms with E-state index in [9.17, 15) is 4.79 Å². The van der Waals surface area contributed by atoms with Gasteiger partial charge in [0.15, 0.2) is 18.5 Å². The van der Waals surface area contributed by atoms with Crippen molar-refractivity contribution in [1.82, 2.24) is 4.98 Å². The van der Waals surface area contributed by atoms with E-state index in [1.807, 2.05) is 35.2 Å². The van der Waals surface area contributed by atoms with Gasteiger partial charge in [-0.15, -0.1) is 0 Å². The Hall–Kier alpha value is -2.69. The van der Waals surface area contributed by atoms with Gasteiger partial charge in [-0.05, 0) is 35.7 Å². The van der Waals surface area contributed by atoms with Crippen molar-refractivity contribution in [3.63, 3.8) is 0 Å². The van der Waals surface area contributed by atoms with Gasteiger partial charge in [0, 0.05) is 24.6 Å². The van der Waals surface area contributed by atoms with Gasteiger partial charge in [-0.1, -0.05) is 18.2 Å². The third-order valence-corrected chi connectivity index (χ3v) is 4.16. The Bertz CT molecular complexity index is 730. The van der Waals surface area contributed by atoms with Crippen LogP contribution in [0.1, 0.15) is 17.2 Å². The van der Waals surface area contributed by atoms with E-state index in [1.165, 1.54) is 12.0 Å². The molecular formula is C17H15N3O2. The summed E-state index contributed by atoms with van der Waals surface area (Å²) in [6, 6.07) is 11.2. The second-order valence-corrected chi connectivity index (χ2v) is 5.41. The van der Waals surface area contributed by atoms with E-state index in [0.29, 0.717) is 6.54 Å². The first-order chi connectivity index (χ1) is 10.8. The van der Waals surface area contributed by atoms with Crippen molar-refractivity contribution < 1.29 is 9.53 Å². The maximum atomic E-state index is 12.9. The lowest BCUT2D eigenvalue weighted by molar-refractivity contribution is -0.121. The van der Waals surface area contributed by atoms with Gasteiger partial charge in [-0.2, -0.15) is 0 Å². The summed E-state index contributed by atoms with van der Waals surface area (Å²) in [6.07, 6.45) is 5.30. The summed E-state index contributed by atoms with van der Waals surface area (Å²) in [5.41, 5.74) is 3.11. The minimum atomic E-state index is -0.534. The van der Waals surface area contributed by atoms with Gasteiger partial charge in [-0.3, -0.25) is 9.78 Å². The molecule has 22 heavy (non-hydrogen) atoms. The lowest BCUT2D eigenvalue weighted by Gasteiger charge is -2.23. The number of para-hydroxylation sites is 1. The minimum absolute atomic E-state index is 0.0134. The number of aliphatic imine (C=N–C) groups is 1. The van der Waals surface area contributed by atoms with Crippen LogP contribution in [-0.2, 0) is 16.0 Å². The zero-order chi connectivity index (χ0) is 14.9. The Morgan fingerprint density at radius 3 is 2.86 bits per heavy atom. The van der Waals surface area contributed by atoms with Crippen LogP contribution in [0.15, 0.2) is 53.8 Å². The summed E-state index contributed by atoms with van der Waals surface area (Å²) < 4.78 is 5.55. The highest BCUT2D eigenvalue weighted by atomic mass is 16.5. The SMILES string of the molecule is O=C([C@@H]1N=COC1c1ccncc1)N1CCc2ccccc21. The number of carbonyl (C=O) groups excluding carboxylic acids is 1. The van der Waals surface area contributed by atoms with Crippen molar-refractivity contribution in [3.8, 4) is 0 Å². The summed E-state index contributed by atoms with van der Waals surface area (Å²) in [4.78, 5) is 23.0. The largest absolute Gasteiger partial charge is 0.473 e. The standard InChI is InChI=1S/C17H15N3O2/c21-17(20-10-7-12-3-1-2-4-14(12)20)15-16(22-11-19-15)13-5-8-18-9-6-13/h1-6,8-9,11,15-16H,7,10H2/t15-,16?/m1/s1. The highest BCUT2D eigenvalue weighted by Crippen LogP contribution is 2.33. The maximum Gasteiger partial charge on any atom is 0.256 e. The summed E-state index contributed by atoms with van der Waals surface area (Å²) in [7, 11) is 0. The number of carbonyl (C=O) groups is 1. The molecule has 2 aliphatic rings. The quantitative estimate of drug-likeness (QED) is 0.852. The van der Waals surface area contributed by atoms with Gasteiger partial charge >= 0.3 is 0 Å². The summed E-state index contributed by atoms with van der Waals surface area (Å²) in [6.45, 7) is 0.702. The molecule has 110 valence electrons. The van der Waals surface area contributed by atoms with E-state index in [-0.39, 0.29) is 12.0 Å². The molecule has 3 heterocycles. The van der Waals surface area contributed by atoms with E-state index < -0.39 is 6.04 Å². The Kier molecular flexibility index (Phi) is 3.11. The molecule has 0 N–H and O–H groups in total. The summed E-state index contributed by atoms with van der Waals surface area (Å²) in [5.74, 6) is -0.0134. The molecule has 0 aliphatic carbocycles. The van der Waals surface area contributed by atoms with Gasteiger partial charge in [0.05, 0.1) is 0 Å². The van der Waals surface area contributed by atoms with E-state index in [2.05, 4.69) is 16.0 Å². The molecule has 0 saturated heterocycles. The number of rotatable bonds is 2. The number of pyridine rings is 1. The highest BCUT2D eigenvalue weighted by Gasteiger charge is 2.38. The molecule has 1 amide bonds. The normalized spacial score (nSPS) is 22.5. The van der Waals surface area contributed by atoms with Crippen LogP contribution >= 0.6 is 0 Å². The third kappa shape index (κ3) is 2.06. The van der Waals surface area contributed by atoms with Gasteiger partial charge in [0.1, 0.15) is 0 Å². The molecule has 2 aliphatic heterocycles. The Morgan fingerprint density at radius 1 is 1.18 bits per heavy atom. The van der Waals surface area contributed by atoms with Crippen molar-refractivity contribution >= 4 is 18.0 Å². The van der Waals surface area contributed by atoms with Crippen LogP contribution in [0, 0.1) is 0 Å². The summed E-state index contributed by atoms with van der Waals surface area (Å²) in [5, 5.41) is 0. The minimum Gasteiger partial charge on any atom is -0.473 e. The molecule has 0 bridgehead atoms. The lowest BCUT2D eigenvalue weighted by atomic mass is 10.0. The van der Waals surface area contributed by atoms with Crippen molar-refractivity contribution in [3.05, 3.63) is 59.9 Å². The van der Waals surface area contributed by atoms with Crippen molar-refractivity contribution in [1.29, 1.82) is 0 Å². The summed E-state index contributed by atoms with van der Waals surface area (Å²) >= 11 is 0. The van der Waals surface area contributed by atoms with Crippen LogP contribution in [0.3, 0.4) is 0 Å². The Balaban J connectivity index is 1.62. The monoisotopic (exact) mass is 293 g/mol. The van der Waals surface area contributed by atoms with E-state index >= 15 is 0 Å². The molecule has 5 heteroatoms. The average Bonchev–Trinajstić information content (AvgIpc) is 3.22. The van der Waals surface area contributed by atoms with Crippen molar-refractivity contribution in [2.45, 2.75) is 18.6 Å². The smallest absolute Gasteiger partial charge is 0.256 e. The predicted molar refractivity (Wildman–Crippen MR) is 82.8 cm³/mol. The zero-order valence-electron chi connectivity index (χ0n) is 11.9. The number of hydrogen-bond donors (Lipinski definition) is 0. The Labute approximate surface area is 128 Å². The molecule has 0 fully saturated rings. The van der Waals surface area contributed by atoms with Crippen molar-refractivity contribution in [2.24, 2.45) is 4.99 Å². The lowest BCUT2D eigenvalue weighted by Crippen LogP contribution is -2.39. The second-order valence-electron chi connectivity index (χ2n) is 5.41. The molecule has 1 aromatic carbocycles. The van der Waals surface area contributed by atoms with Crippen LogP contribution < -0.4 is 4.90 Å². The first-order valence-corrected chi connectivity index (χ1v) is 7.31. The number of nitrogens with zero attached hydrogens (tertiary/aromatic N) is 3. The molecular weight excluding hydrogens is 278 g/mol. The molecule has 1 unspecified atom stereocenters. The number of ether oxygens (including phenoxy) is 1. The average molecular weight is 293 g/mol. The first kappa shape index (κ1) is 13.0. The topological polar surface area (TPSA) is 54.8 Å².